The lowest BCUT2D eigenvalue weighted by atomic mass is 9.92. The molecule has 0 saturated carbocycles. The highest BCUT2D eigenvalue weighted by Gasteiger charge is 2.50. The number of benzene rings is 3. The number of hydrogen-bond donors (Lipinski definition) is 1. The Morgan fingerprint density at radius 2 is 1.61 bits per heavy atom. The van der Waals surface area contributed by atoms with Crippen LogP contribution in [-0.2, 0) is 15.1 Å². The van der Waals surface area contributed by atoms with Gasteiger partial charge < -0.3 is 10.1 Å². The van der Waals surface area contributed by atoms with E-state index in [0.29, 0.717) is 17.0 Å². The Morgan fingerprint density at radius 3 is 2.33 bits per heavy atom. The fourth-order valence-corrected chi connectivity index (χ4v) is 4.44. The predicted octanol–water partition coefficient (Wildman–Crippen LogP) is 3.62. The summed E-state index contributed by atoms with van der Waals surface area (Å²) in [5.41, 5.74) is 0.963. The van der Waals surface area contributed by atoms with E-state index in [-0.39, 0.29) is 25.1 Å². The van der Waals surface area contributed by atoms with Crippen LogP contribution in [0.2, 0.25) is 0 Å². The topological polar surface area (TPSA) is 79.0 Å². The number of hydrogen-bond acceptors (Lipinski definition) is 4. The molecule has 0 radical (unpaired) electrons. The molecule has 2 aliphatic rings. The van der Waals surface area contributed by atoms with E-state index in [1.54, 1.807) is 30.0 Å². The molecule has 0 bridgehead atoms. The molecule has 2 atom stereocenters. The van der Waals surface area contributed by atoms with E-state index >= 15 is 0 Å². The zero-order valence-electron chi connectivity index (χ0n) is 18.1. The van der Waals surface area contributed by atoms with Gasteiger partial charge in [-0.2, -0.15) is 0 Å². The first-order chi connectivity index (χ1) is 16.0. The normalized spacial score (nSPS) is 21.9. The summed E-state index contributed by atoms with van der Waals surface area (Å²) in [5.74, 6) is -0.227. The van der Waals surface area contributed by atoms with Gasteiger partial charge in [-0.25, -0.2) is 4.79 Å². The molecule has 1 fully saturated rings. The van der Waals surface area contributed by atoms with Crippen LogP contribution in [0.15, 0.2) is 84.9 Å². The summed E-state index contributed by atoms with van der Waals surface area (Å²) >= 11 is 0. The van der Waals surface area contributed by atoms with E-state index in [2.05, 4.69) is 5.32 Å². The lowest BCUT2D eigenvalue weighted by molar-refractivity contribution is -0.134. The number of fused-ring (bicyclic) bond motifs is 1. The molecule has 2 heterocycles. The molecule has 1 N–H and O–H groups in total. The number of anilines is 1. The largest absolute Gasteiger partial charge is 0.489 e. The summed E-state index contributed by atoms with van der Waals surface area (Å²) in [6, 6.07) is 24.9. The molecule has 2 aliphatic heterocycles. The predicted molar refractivity (Wildman–Crippen MR) is 123 cm³/mol. The second-order valence-electron chi connectivity index (χ2n) is 8.28. The molecule has 5 rings (SSSR count). The van der Waals surface area contributed by atoms with Gasteiger partial charge in [-0.05, 0) is 30.2 Å². The molecule has 4 amide bonds. The number of rotatable bonds is 4. The van der Waals surface area contributed by atoms with Crippen LogP contribution in [0.25, 0.3) is 0 Å². The molecule has 3 aromatic carbocycles. The Labute approximate surface area is 191 Å². The maximum absolute atomic E-state index is 13.6. The number of carbonyl (C=O) groups is 3. The zero-order chi connectivity index (χ0) is 23.0. The van der Waals surface area contributed by atoms with Gasteiger partial charge >= 0.3 is 6.03 Å². The minimum atomic E-state index is -1.22. The number of nitrogens with one attached hydrogen (secondary N) is 1. The maximum atomic E-state index is 13.6. The van der Waals surface area contributed by atoms with E-state index in [4.69, 9.17) is 4.74 Å². The van der Waals surface area contributed by atoms with Crippen molar-refractivity contribution in [1.29, 1.82) is 0 Å². The van der Waals surface area contributed by atoms with Gasteiger partial charge in [0, 0.05) is 0 Å². The quantitative estimate of drug-likeness (QED) is 0.628. The Morgan fingerprint density at radius 1 is 0.970 bits per heavy atom. The third kappa shape index (κ3) is 3.51. The van der Waals surface area contributed by atoms with Gasteiger partial charge in [0.1, 0.15) is 24.4 Å². The van der Waals surface area contributed by atoms with E-state index < -0.39 is 17.5 Å². The van der Waals surface area contributed by atoms with Crippen LogP contribution in [-0.4, -0.2) is 35.9 Å². The van der Waals surface area contributed by atoms with Gasteiger partial charge in [-0.3, -0.25) is 19.4 Å². The molecule has 3 aromatic rings. The monoisotopic (exact) mass is 441 g/mol. The molecule has 7 nitrogen and oxygen atoms in total. The Kier molecular flexibility index (Phi) is 5.09. The number of nitrogens with zero attached hydrogens (tertiary/aromatic N) is 2. The van der Waals surface area contributed by atoms with Crippen molar-refractivity contribution in [3.8, 4) is 5.75 Å². The molecule has 0 aliphatic carbocycles. The average molecular weight is 441 g/mol. The van der Waals surface area contributed by atoms with Crippen molar-refractivity contribution in [3.63, 3.8) is 0 Å². The Bertz CT molecular complexity index is 1210. The summed E-state index contributed by atoms with van der Waals surface area (Å²) < 4.78 is 5.92. The van der Waals surface area contributed by atoms with Crippen LogP contribution in [0.3, 0.4) is 0 Å². The molecule has 0 unspecified atom stereocenters. The number of carbonyl (C=O) groups excluding carboxylic acids is 3. The van der Waals surface area contributed by atoms with Crippen LogP contribution in [0.5, 0.6) is 5.75 Å². The first-order valence-electron chi connectivity index (χ1n) is 10.8. The Balaban J connectivity index is 1.46. The van der Waals surface area contributed by atoms with Crippen molar-refractivity contribution in [3.05, 3.63) is 96.1 Å². The molecule has 33 heavy (non-hydrogen) atoms. The minimum absolute atomic E-state index is 0.272. The fourth-order valence-electron chi connectivity index (χ4n) is 4.44. The highest BCUT2D eigenvalue weighted by Crippen LogP contribution is 2.39. The first kappa shape index (κ1) is 20.8. The van der Waals surface area contributed by atoms with Gasteiger partial charge in [0.25, 0.3) is 5.91 Å². The summed E-state index contributed by atoms with van der Waals surface area (Å²) in [5, 5.41) is 2.76. The van der Waals surface area contributed by atoms with Gasteiger partial charge in [0.05, 0.1) is 11.7 Å². The molecular formula is C26H23N3O4. The number of amides is 4. The summed E-state index contributed by atoms with van der Waals surface area (Å²) in [6.07, 6.45) is 0. The molecule has 0 aromatic heterocycles. The minimum Gasteiger partial charge on any atom is -0.489 e. The van der Waals surface area contributed by atoms with E-state index in [1.807, 2.05) is 66.7 Å². The van der Waals surface area contributed by atoms with Crippen LogP contribution in [0.1, 0.15) is 24.1 Å². The van der Waals surface area contributed by atoms with Crippen LogP contribution in [0.4, 0.5) is 10.5 Å². The lowest BCUT2D eigenvalue weighted by Crippen LogP contribution is -2.48. The highest BCUT2D eigenvalue weighted by molar-refractivity contribution is 6.10. The highest BCUT2D eigenvalue weighted by atomic mass is 16.5. The first-order valence-corrected chi connectivity index (χ1v) is 10.8. The lowest BCUT2D eigenvalue weighted by Gasteiger charge is -2.37. The summed E-state index contributed by atoms with van der Waals surface area (Å²) in [4.78, 5) is 42.4. The number of urea groups is 1. The number of ether oxygens (including phenoxy) is 1. The molecule has 7 heteroatoms. The van der Waals surface area contributed by atoms with Crippen LogP contribution in [0, 0.1) is 0 Å². The van der Waals surface area contributed by atoms with Crippen molar-refractivity contribution < 1.29 is 19.1 Å². The van der Waals surface area contributed by atoms with Crippen molar-refractivity contribution in [1.82, 2.24) is 10.2 Å². The smallest absolute Gasteiger partial charge is 0.325 e. The number of imide groups is 1. The third-order valence-corrected chi connectivity index (χ3v) is 6.21. The molecule has 166 valence electrons. The maximum Gasteiger partial charge on any atom is 0.325 e. The molecular weight excluding hydrogens is 418 g/mol. The van der Waals surface area contributed by atoms with Gasteiger partial charge in [-0.1, -0.05) is 72.8 Å². The Hall–Kier alpha value is -4.13. The zero-order valence-corrected chi connectivity index (χ0v) is 18.1. The van der Waals surface area contributed by atoms with E-state index in [0.717, 1.165) is 10.5 Å². The second-order valence-corrected chi connectivity index (χ2v) is 8.28. The fraction of sp³-hybridized carbons (Fsp3) is 0.192. The van der Waals surface area contributed by atoms with Crippen LogP contribution < -0.4 is 15.0 Å². The second kappa shape index (κ2) is 8.09. The van der Waals surface area contributed by atoms with E-state index in [9.17, 15) is 14.4 Å². The standard InChI is InChI=1S/C26H23N3O4/c1-26(19-12-6-3-7-13-19)24(31)28(25(32)27-26)16-23(30)29-20-14-8-9-15-22(20)33-17-21(29)18-10-4-2-5-11-18/h2-15,21H,16-17H2,1H3,(H,27,32)/t21-,26+/m0/s1. The SMILES string of the molecule is C[C@]1(c2ccccc2)NC(=O)N(CC(=O)N2c3ccccc3OC[C@H]2c2ccccc2)C1=O. The van der Waals surface area contributed by atoms with Crippen molar-refractivity contribution in [2.75, 3.05) is 18.1 Å². The van der Waals surface area contributed by atoms with Crippen molar-refractivity contribution in [2.24, 2.45) is 0 Å². The third-order valence-electron chi connectivity index (χ3n) is 6.21. The van der Waals surface area contributed by atoms with Crippen molar-refractivity contribution >= 4 is 23.5 Å². The van der Waals surface area contributed by atoms with E-state index in [1.165, 1.54) is 0 Å². The summed E-state index contributed by atoms with van der Waals surface area (Å²) in [7, 11) is 0. The molecule has 1 saturated heterocycles. The van der Waals surface area contributed by atoms with Crippen LogP contribution >= 0.6 is 0 Å². The molecule has 0 spiro atoms. The van der Waals surface area contributed by atoms with Gasteiger partial charge in [0.15, 0.2) is 0 Å². The van der Waals surface area contributed by atoms with Crippen molar-refractivity contribution in [2.45, 2.75) is 18.5 Å². The van der Waals surface area contributed by atoms with Gasteiger partial charge in [-0.15, -0.1) is 0 Å². The number of para-hydroxylation sites is 2. The summed E-state index contributed by atoms with van der Waals surface area (Å²) in [6.45, 7) is 1.56. The van der Waals surface area contributed by atoms with Gasteiger partial charge in [0.2, 0.25) is 5.91 Å². The average Bonchev–Trinajstić information content (AvgIpc) is 3.08.